The average Bonchev–Trinajstić information content (AvgIpc) is 3.07. The summed E-state index contributed by atoms with van der Waals surface area (Å²) in [7, 11) is -3.69. The topological polar surface area (TPSA) is 68.5 Å². The van der Waals surface area contributed by atoms with Gasteiger partial charge in [0.2, 0.25) is 9.84 Å². The highest BCUT2D eigenvalue weighted by Gasteiger charge is 2.25. The molecule has 2 aliphatic heterocycles. The second kappa shape index (κ2) is 7.35. The summed E-state index contributed by atoms with van der Waals surface area (Å²) in [5.41, 5.74) is 3.63. The number of hydrogen-bond donors (Lipinski definition) is 1. The van der Waals surface area contributed by atoms with Gasteiger partial charge in [0.1, 0.15) is 5.76 Å². The number of hydrogen-bond acceptors (Lipinski definition) is 5. The third kappa shape index (κ3) is 3.13. The Labute approximate surface area is 174 Å². The van der Waals surface area contributed by atoms with E-state index in [4.69, 9.17) is 20.8 Å². The molecule has 0 fully saturated rings. The first-order chi connectivity index (χ1) is 13.0. The summed E-state index contributed by atoms with van der Waals surface area (Å²) in [6.45, 7) is 2.61. The lowest BCUT2D eigenvalue weighted by Crippen LogP contribution is -2.22. The molecule has 3 aromatic rings. The van der Waals surface area contributed by atoms with Gasteiger partial charge in [-0.1, -0.05) is 17.7 Å². The molecule has 28 heavy (non-hydrogen) atoms. The van der Waals surface area contributed by atoms with Crippen molar-refractivity contribution in [3.8, 4) is 0 Å². The highest BCUT2D eigenvalue weighted by molar-refractivity contribution is 7.91. The molecule has 0 unspecified atom stereocenters. The van der Waals surface area contributed by atoms with Crippen molar-refractivity contribution >= 4 is 44.8 Å². The summed E-state index contributed by atoms with van der Waals surface area (Å²) in [5, 5.41) is 4.39. The molecular formula is C20H19Cl2NO4S. The van der Waals surface area contributed by atoms with Crippen LogP contribution in [0.25, 0.3) is 11.0 Å². The number of furan rings is 1. The van der Waals surface area contributed by atoms with Crippen LogP contribution in [-0.2, 0) is 40.6 Å². The molecule has 0 spiro atoms. The van der Waals surface area contributed by atoms with Crippen molar-refractivity contribution in [2.24, 2.45) is 0 Å². The van der Waals surface area contributed by atoms with E-state index < -0.39 is 9.84 Å². The van der Waals surface area contributed by atoms with Crippen molar-refractivity contribution in [2.75, 3.05) is 13.2 Å². The normalized spacial score (nSPS) is 16.3. The molecule has 0 amide bonds. The Hall–Kier alpha value is -1.57. The zero-order valence-corrected chi connectivity index (χ0v) is 17.3. The Bertz CT molecular complexity index is 1170. The van der Waals surface area contributed by atoms with Gasteiger partial charge in [0.05, 0.1) is 28.0 Å². The van der Waals surface area contributed by atoms with Crippen LogP contribution in [0.1, 0.15) is 22.5 Å². The molecule has 1 aromatic heterocycles. The fourth-order valence-corrected chi connectivity index (χ4v) is 5.53. The maximum atomic E-state index is 13.3. The summed E-state index contributed by atoms with van der Waals surface area (Å²) < 4.78 is 37.9. The standard InChI is InChI=1S/C20H18ClNO4S.ClH/c21-18-9-15(8-16-17-10-22-5-3-19(17)26-20(16)18)27(23,24)14-2-1-12-4-6-25-11-13(12)7-14;/h1-2,7-9,22H,3-6,10-11H2;1H. The fourth-order valence-electron chi connectivity index (χ4n) is 3.85. The molecule has 1 N–H and O–H groups in total. The Morgan fingerprint density at radius 3 is 2.75 bits per heavy atom. The predicted octanol–water partition coefficient (Wildman–Crippen LogP) is 4.06. The summed E-state index contributed by atoms with van der Waals surface area (Å²) in [6.07, 6.45) is 1.58. The SMILES string of the molecule is Cl.O=S(=O)(c1ccc2c(c1)COCC2)c1cc(Cl)c2oc3c(c2c1)CNCC3. The monoisotopic (exact) mass is 439 g/mol. The molecule has 8 heteroatoms. The molecule has 0 aliphatic carbocycles. The Balaban J connectivity index is 0.00000192. The first kappa shape index (κ1) is 19.7. The zero-order valence-electron chi connectivity index (χ0n) is 15.0. The fraction of sp³-hybridized carbons (Fsp3) is 0.300. The van der Waals surface area contributed by atoms with Crippen molar-refractivity contribution in [3.63, 3.8) is 0 Å². The van der Waals surface area contributed by atoms with Crippen LogP contribution in [0.15, 0.2) is 44.5 Å². The van der Waals surface area contributed by atoms with Crippen LogP contribution in [-0.4, -0.2) is 21.6 Å². The summed E-state index contributed by atoms with van der Waals surface area (Å²) in [6, 6.07) is 8.44. The smallest absolute Gasteiger partial charge is 0.206 e. The van der Waals surface area contributed by atoms with Gasteiger partial charge in [-0.05, 0) is 41.8 Å². The van der Waals surface area contributed by atoms with E-state index in [9.17, 15) is 8.42 Å². The van der Waals surface area contributed by atoms with Crippen LogP contribution >= 0.6 is 24.0 Å². The van der Waals surface area contributed by atoms with Gasteiger partial charge < -0.3 is 14.5 Å². The van der Waals surface area contributed by atoms with E-state index in [1.165, 1.54) is 6.07 Å². The molecule has 3 heterocycles. The van der Waals surface area contributed by atoms with Crippen molar-refractivity contribution in [3.05, 3.63) is 57.8 Å². The number of ether oxygens (including phenoxy) is 1. The van der Waals surface area contributed by atoms with Crippen LogP contribution in [0.2, 0.25) is 5.02 Å². The maximum Gasteiger partial charge on any atom is 0.206 e. The third-order valence-electron chi connectivity index (χ3n) is 5.31. The van der Waals surface area contributed by atoms with E-state index in [2.05, 4.69) is 5.32 Å². The van der Waals surface area contributed by atoms with Crippen molar-refractivity contribution < 1.29 is 17.6 Å². The highest BCUT2D eigenvalue weighted by atomic mass is 35.5. The molecule has 5 nitrogen and oxygen atoms in total. The van der Waals surface area contributed by atoms with Crippen LogP contribution in [0, 0.1) is 0 Å². The molecule has 0 saturated heterocycles. The molecule has 0 bridgehead atoms. The summed E-state index contributed by atoms with van der Waals surface area (Å²) in [4.78, 5) is 0.448. The Morgan fingerprint density at radius 2 is 1.89 bits per heavy atom. The van der Waals surface area contributed by atoms with Gasteiger partial charge in [0, 0.05) is 30.5 Å². The van der Waals surface area contributed by atoms with Crippen molar-refractivity contribution in [1.82, 2.24) is 5.32 Å². The third-order valence-corrected chi connectivity index (χ3v) is 7.32. The van der Waals surface area contributed by atoms with Gasteiger partial charge >= 0.3 is 0 Å². The number of rotatable bonds is 2. The van der Waals surface area contributed by atoms with Gasteiger partial charge in [0.25, 0.3) is 0 Å². The molecule has 5 rings (SSSR count). The predicted molar refractivity (Wildman–Crippen MR) is 109 cm³/mol. The maximum absolute atomic E-state index is 13.3. The van der Waals surface area contributed by atoms with Crippen molar-refractivity contribution in [2.45, 2.75) is 35.8 Å². The van der Waals surface area contributed by atoms with Gasteiger partial charge in [0.15, 0.2) is 5.58 Å². The van der Waals surface area contributed by atoms with Crippen LogP contribution in [0.4, 0.5) is 0 Å². The Morgan fingerprint density at radius 1 is 1.04 bits per heavy atom. The number of fused-ring (bicyclic) bond motifs is 4. The first-order valence-electron chi connectivity index (χ1n) is 8.93. The first-order valence-corrected chi connectivity index (χ1v) is 10.8. The molecule has 0 saturated carbocycles. The minimum atomic E-state index is -3.69. The van der Waals surface area contributed by atoms with E-state index >= 15 is 0 Å². The zero-order chi connectivity index (χ0) is 18.6. The minimum Gasteiger partial charge on any atom is -0.459 e. The second-order valence-corrected chi connectivity index (χ2v) is 9.31. The molecule has 148 valence electrons. The van der Waals surface area contributed by atoms with Crippen molar-refractivity contribution in [1.29, 1.82) is 0 Å². The van der Waals surface area contributed by atoms with Crippen LogP contribution < -0.4 is 5.32 Å². The Kier molecular flexibility index (Phi) is 5.18. The summed E-state index contributed by atoms with van der Waals surface area (Å²) in [5.74, 6) is 0.881. The van der Waals surface area contributed by atoms with Gasteiger partial charge in [-0.25, -0.2) is 8.42 Å². The minimum absolute atomic E-state index is 0. The van der Waals surface area contributed by atoms with E-state index in [0.717, 1.165) is 47.2 Å². The number of nitrogens with one attached hydrogen (secondary N) is 1. The lowest BCUT2D eigenvalue weighted by atomic mass is 10.0. The number of sulfone groups is 1. The quantitative estimate of drug-likeness (QED) is 0.651. The number of benzene rings is 2. The van der Waals surface area contributed by atoms with E-state index in [1.807, 2.05) is 6.07 Å². The van der Waals surface area contributed by atoms with Gasteiger partial charge in [-0.2, -0.15) is 0 Å². The van der Waals surface area contributed by atoms with Crippen LogP contribution in [0.3, 0.4) is 0 Å². The van der Waals surface area contributed by atoms with Gasteiger partial charge in [-0.15, -0.1) is 12.4 Å². The van der Waals surface area contributed by atoms with E-state index in [1.54, 1.807) is 18.2 Å². The van der Waals surface area contributed by atoms with Crippen LogP contribution in [0.5, 0.6) is 0 Å². The van der Waals surface area contributed by atoms with Gasteiger partial charge in [-0.3, -0.25) is 0 Å². The second-order valence-electron chi connectivity index (χ2n) is 6.95. The number of halogens is 2. The molecule has 0 atom stereocenters. The highest BCUT2D eigenvalue weighted by Crippen LogP contribution is 2.37. The molecule has 2 aromatic carbocycles. The molecule has 0 radical (unpaired) electrons. The van der Waals surface area contributed by atoms with E-state index in [0.29, 0.717) is 30.4 Å². The largest absolute Gasteiger partial charge is 0.459 e. The lowest BCUT2D eigenvalue weighted by Gasteiger charge is -2.17. The lowest BCUT2D eigenvalue weighted by molar-refractivity contribution is 0.110. The molecular weight excluding hydrogens is 421 g/mol. The average molecular weight is 440 g/mol. The van der Waals surface area contributed by atoms with E-state index in [-0.39, 0.29) is 22.2 Å². The molecule has 2 aliphatic rings. The summed E-state index contributed by atoms with van der Waals surface area (Å²) >= 11 is 6.39.